The number of hydrogen-bond donors (Lipinski definition) is 1. The summed E-state index contributed by atoms with van der Waals surface area (Å²) in [6.07, 6.45) is 46.8. The van der Waals surface area contributed by atoms with Crippen LogP contribution in [0.3, 0.4) is 0 Å². The summed E-state index contributed by atoms with van der Waals surface area (Å²) in [5.74, 6) is -3.72. The molecule has 0 unspecified atom stereocenters. The van der Waals surface area contributed by atoms with Crippen molar-refractivity contribution in [2.24, 2.45) is 9.98 Å². The van der Waals surface area contributed by atoms with E-state index < -0.39 is 35.8 Å². The molecule has 0 heterocycles. The summed E-state index contributed by atoms with van der Waals surface area (Å²) in [5, 5.41) is 2.92. The van der Waals surface area contributed by atoms with Crippen molar-refractivity contribution in [3.05, 3.63) is 196 Å². The Kier molecular flexibility index (Phi) is 44.5. The first kappa shape index (κ1) is 88.3. The summed E-state index contributed by atoms with van der Waals surface area (Å²) >= 11 is 0. The summed E-state index contributed by atoms with van der Waals surface area (Å²) in [5.41, 5.74) is 5.02. The smallest absolute Gasteiger partial charge is 0.345 e. The minimum Gasteiger partial charge on any atom is -0.462 e. The number of anilines is 1. The number of unbranched alkanes of at least 4 members (excludes halogenated alkanes) is 32. The van der Waals surface area contributed by atoms with Crippen molar-refractivity contribution in [3.8, 4) is 11.5 Å². The maximum atomic E-state index is 13.4. The summed E-state index contributed by atoms with van der Waals surface area (Å²) < 4.78 is 33.7. The van der Waals surface area contributed by atoms with Gasteiger partial charge in [0, 0.05) is 23.7 Å². The molecule has 0 fully saturated rings. The average Bonchev–Trinajstić information content (AvgIpc) is 0.858. The van der Waals surface area contributed by atoms with Gasteiger partial charge in [-0.05, 0) is 181 Å². The molecular formula is C93H121N3O13. The Labute approximate surface area is 649 Å². The first-order chi connectivity index (χ1) is 53.3. The van der Waals surface area contributed by atoms with Gasteiger partial charge in [0.25, 0.3) is 5.91 Å². The number of aliphatic imine (C=N–C) groups is 2. The van der Waals surface area contributed by atoms with E-state index in [1.165, 1.54) is 141 Å². The Balaban J connectivity index is 0.929. The van der Waals surface area contributed by atoms with Crippen LogP contribution in [0.4, 0.5) is 17.1 Å². The lowest BCUT2D eigenvalue weighted by atomic mass is 10.1. The van der Waals surface area contributed by atoms with E-state index in [0.717, 1.165) is 114 Å². The third-order valence-corrected chi connectivity index (χ3v) is 18.9. The molecule has 1 amide bonds. The van der Waals surface area contributed by atoms with E-state index in [1.54, 1.807) is 158 Å². The molecule has 6 aromatic rings. The third-order valence-electron chi connectivity index (χ3n) is 18.9. The van der Waals surface area contributed by atoms with E-state index in [0.29, 0.717) is 45.3 Å². The largest absolute Gasteiger partial charge is 0.462 e. The van der Waals surface area contributed by atoms with Crippen molar-refractivity contribution < 1.29 is 62.0 Å². The van der Waals surface area contributed by atoms with Crippen LogP contribution in [0.1, 0.15) is 312 Å². The van der Waals surface area contributed by atoms with E-state index in [9.17, 15) is 33.6 Å². The molecule has 0 radical (unpaired) electrons. The van der Waals surface area contributed by atoms with E-state index >= 15 is 0 Å². The zero-order valence-electron chi connectivity index (χ0n) is 65.7. The Morgan fingerprint density at radius 3 is 0.817 bits per heavy atom. The molecule has 586 valence electrons. The Morgan fingerprint density at radius 2 is 0.532 bits per heavy atom. The molecule has 109 heavy (non-hydrogen) atoms. The Hall–Kier alpha value is -9.57. The van der Waals surface area contributed by atoms with Gasteiger partial charge in [-0.15, -0.1) is 0 Å². The van der Waals surface area contributed by atoms with Gasteiger partial charge < -0.3 is 33.7 Å². The molecule has 0 atom stereocenters. The topological polar surface area (TPSA) is 212 Å². The van der Waals surface area contributed by atoms with Gasteiger partial charge >= 0.3 is 35.8 Å². The number of carbonyl (C=O) groups excluding carboxylic acids is 7. The number of amides is 1. The maximum Gasteiger partial charge on any atom is 0.345 e. The van der Waals surface area contributed by atoms with Crippen LogP contribution in [0.15, 0.2) is 167 Å². The fourth-order valence-corrected chi connectivity index (χ4v) is 12.2. The number of nitrogens with zero attached hydrogens (tertiary/aromatic N) is 2. The average molecular weight is 1490 g/mol. The molecule has 0 saturated heterocycles. The highest BCUT2D eigenvalue weighted by molar-refractivity contribution is 6.18. The van der Waals surface area contributed by atoms with Crippen LogP contribution in [-0.2, 0) is 38.1 Å². The lowest BCUT2D eigenvalue weighted by molar-refractivity contribution is -0.148. The first-order valence-electron chi connectivity index (χ1n) is 40.9. The lowest BCUT2D eigenvalue weighted by Crippen LogP contribution is -2.19. The predicted octanol–water partition coefficient (Wildman–Crippen LogP) is 23.9. The van der Waals surface area contributed by atoms with Crippen LogP contribution < -0.4 is 14.8 Å². The Morgan fingerprint density at radius 1 is 0.284 bits per heavy atom. The molecule has 16 nitrogen and oxygen atoms in total. The molecule has 16 heteroatoms. The van der Waals surface area contributed by atoms with Gasteiger partial charge in [0.1, 0.15) is 22.6 Å². The number of rotatable bonds is 56. The van der Waals surface area contributed by atoms with Gasteiger partial charge in [-0.1, -0.05) is 257 Å². The number of hydrogen-bond acceptors (Lipinski definition) is 15. The summed E-state index contributed by atoms with van der Waals surface area (Å²) in [6, 6.07) is 40.6. The van der Waals surface area contributed by atoms with Crippen molar-refractivity contribution in [1.29, 1.82) is 0 Å². The normalized spacial score (nSPS) is 11.1. The molecule has 0 bridgehead atoms. The third kappa shape index (κ3) is 37.4. The van der Waals surface area contributed by atoms with E-state index in [2.05, 4.69) is 43.0 Å². The predicted molar refractivity (Wildman–Crippen MR) is 440 cm³/mol. The van der Waals surface area contributed by atoms with Crippen molar-refractivity contribution in [2.45, 2.75) is 259 Å². The lowest BCUT2D eigenvalue weighted by Gasteiger charge is -2.10. The number of ether oxygens (including phenoxy) is 6. The van der Waals surface area contributed by atoms with Gasteiger partial charge in [0.2, 0.25) is 0 Å². The first-order valence-corrected chi connectivity index (χ1v) is 40.9. The highest BCUT2D eigenvalue weighted by Crippen LogP contribution is 2.24. The minimum absolute atomic E-state index is 0.186. The van der Waals surface area contributed by atoms with Crippen LogP contribution in [0.2, 0.25) is 0 Å². The van der Waals surface area contributed by atoms with Crippen molar-refractivity contribution in [1.82, 2.24) is 0 Å². The maximum absolute atomic E-state index is 13.4. The second-order valence-corrected chi connectivity index (χ2v) is 28.2. The monoisotopic (exact) mass is 1490 g/mol. The van der Waals surface area contributed by atoms with Gasteiger partial charge in [0.15, 0.2) is 0 Å². The molecule has 0 saturated carbocycles. The van der Waals surface area contributed by atoms with Crippen molar-refractivity contribution in [3.63, 3.8) is 0 Å². The van der Waals surface area contributed by atoms with E-state index in [1.807, 2.05) is 0 Å². The van der Waals surface area contributed by atoms with E-state index in [4.69, 9.17) is 28.4 Å². The minimum atomic E-state index is -0.727. The molecule has 6 rings (SSSR count). The summed E-state index contributed by atoms with van der Waals surface area (Å²) in [4.78, 5) is 102. The van der Waals surface area contributed by atoms with Gasteiger partial charge in [-0.2, -0.15) is 0 Å². The van der Waals surface area contributed by atoms with Crippen LogP contribution in [-0.4, -0.2) is 80.6 Å². The molecule has 1 N–H and O–H groups in total. The van der Waals surface area contributed by atoms with Gasteiger partial charge in [0.05, 0.1) is 48.9 Å². The number of benzene rings is 6. The summed E-state index contributed by atoms with van der Waals surface area (Å²) in [6.45, 7) is 9.72. The molecule has 0 aliphatic carbocycles. The number of carbonyl (C=O) groups is 7. The SMILES string of the molecule is CCCCCCCCCCCOC(=O)C(=Cc1ccc(C(=O)Oc2ccc(C=Nc3ccc(NC(=O)c4ccc(N=Cc5ccc(OC(=O)c6ccc(C=C(C(=O)OCCCCCCCCCCC)C(=O)OCCCCCCCCCCC)cc6)cc5)cc4)cc3)cc2)cc1)C(=O)OCCCCCCCCCCC. The van der Waals surface area contributed by atoms with Crippen LogP contribution >= 0.6 is 0 Å². The highest BCUT2D eigenvalue weighted by atomic mass is 16.6. The quantitative estimate of drug-likeness (QED) is 0.00551. The zero-order valence-corrected chi connectivity index (χ0v) is 65.7. The van der Waals surface area contributed by atoms with Crippen LogP contribution in [0.25, 0.3) is 12.2 Å². The fraction of sp³-hybridized carbons (Fsp3) is 0.473. The van der Waals surface area contributed by atoms with Gasteiger partial charge in [-0.25, -0.2) is 28.8 Å². The molecule has 0 aliphatic heterocycles. The molecular weight excluding hydrogens is 1370 g/mol. The molecule has 6 aromatic carbocycles. The number of nitrogens with one attached hydrogen (secondary N) is 1. The number of esters is 6. The fourth-order valence-electron chi connectivity index (χ4n) is 12.2. The van der Waals surface area contributed by atoms with Crippen molar-refractivity contribution >= 4 is 83.4 Å². The van der Waals surface area contributed by atoms with Crippen LogP contribution in [0.5, 0.6) is 11.5 Å². The van der Waals surface area contributed by atoms with Gasteiger partial charge in [-0.3, -0.25) is 14.8 Å². The zero-order chi connectivity index (χ0) is 77.6. The molecule has 0 aliphatic rings. The Bertz CT molecular complexity index is 3650. The van der Waals surface area contributed by atoms with E-state index in [-0.39, 0.29) is 54.6 Å². The van der Waals surface area contributed by atoms with Crippen LogP contribution in [0, 0.1) is 0 Å². The standard InChI is InChI=1S/C93H121N3O13/c1-5-9-13-17-21-25-29-33-37-65-104-90(100)85(91(101)105-66-38-34-30-26-22-18-14-10-6-2)69-73-41-49-78(50-42-73)88(98)108-83-61-45-75(46-62-83)71-94-80-55-53-77(54-56-80)87(97)96-82-59-57-81(58-60-82)95-72-76-47-63-84(64-48-76)109-89(99)79-51-43-74(44-52-79)70-86(92(102)106-67-39-35-31-27-23-19-15-11-7-3)93(103)107-68-40-36-32-28-24-20-16-12-8-4/h41-64,69-72H,5-40,65-68H2,1-4H3,(H,96,97). The van der Waals surface area contributed by atoms with Crippen molar-refractivity contribution in [2.75, 3.05) is 31.7 Å². The second kappa shape index (κ2) is 54.9. The molecule has 0 spiro atoms. The summed E-state index contributed by atoms with van der Waals surface area (Å²) in [7, 11) is 0. The molecule has 0 aromatic heterocycles. The highest BCUT2D eigenvalue weighted by Gasteiger charge is 2.24. The second-order valence-electron chi connectivity index (χ2n) is 28.2.